The highest BCUT2D eigenvalue weighted by molar-refractivity contribution is 6.01. The zero-order valence-corrected chi connectivity index (χ0v) is 12.1. The fourth-order valence-electron chi connectivity index (χ4n) is 1.45. The lowest BCUT2D eigenvalue weighted by molar-refractivity contribution is -0.145. The maximum Gasteiger partial charge on any atom is 0.315 e. The number of nitrogens with one attached hydrogen (secondary N) is 1. The number of anilines is 1. The molecule has 0 spiro atoms. The summed E-state index contributed by atoms with van der Waals surface area (Å²) < 4.78 is 10.2. The molecule has 0 aliphatic rings. The molecule has 0 saturated heterocycles. The normalized spacial score (nSPS) is 10.2. The second kappa shape index (κ2) is 8.19. The van der Waals surface area contributed by atoms with Gasteiger partial charge in [-0.3, -0.25) is 9.59 Å². The van der Waals surface area contributed by atoms with E-state index in [1.54, 1.807) is 31.2 Å². The van der Waals surface area contributed by atoms with Crippen LogP contribution in [0.25, 0.3) is 0 Å². The van der Waals surface area contributed by atoms with Crippen molar-refractivity contribution in [1.82, 2.24) is 0 Å². The third-order valence-corrected chi connectivity index (χ3v) is 2.33. The molecule has 0 fully saturated rings. The van der Waals surface area contributed by atoms with Gasteiger partial charge in [-0.05, 0) is 37.1 Å². The molecule has 0 aromatic heterocycles. The van der Waals surface area contributed by atoms with Crippen molar-refractivity contribution >= 4 is 17.6 Å². The van der Waals surface area contributed by atoms with Gasteiger partial charge in [-0.2, -0.15) is 0 Å². The van der Waals surface area contributed by atoms with E-state index in [0.29, 0.717) is 18.2 Å². The minimum Gasteiger partial charge on any atom is -0.493 e. The first-order chi connectivity index (χ1) is 9.51. The molecular weight excluding hydrogens is 258 g/mol. The number of rotatable bonds is 7. The lowest BCUT2D eigenvalue weighted by Crippen LogP contribution is -2.18. The second-order valence-electron chi connectivity index (χ2n) is 4.76. The SMILES string of the molecule is CCOC(=O)CC(=O)Nc1ccc(OCC(C)C)cc1. The van der Waals surface area contributed by atoms with E-state index >= 15 is 0 Å². The minimum absolute atomic E-state index is 0.272. The molecule has 1 rings (SSSR count). The van der Waals surface area contributed by atoms with Gasteiger partial charge in [-0.25, -0.2) is 0 Å². The van der Waals surface area contributed by atoms with Crippen LogP contribution in [0.2, 0.25) is 0 Å². The third-order valence-electron chi connectivity index (χ3n) is 2.33. The Kier molecular flexibility index (Phi) is 6.56. The van der Waals surface area contributed by atoms with Crippen LogP contribution in [-0.2, 0) is 14.3 Å². The molecule has 0 saturated carbocycles. The minimum atomic E-state index is -0.526. The third kappa shape index (κ3) is 6.22. The van der Waals surface area contributed by atoms with Crippen molar-refractivity contribution in [2.45, 2.75) is 27.2 Å². The Hall–Kier alpha value is -2.04. The molecule has 1 amide bonds. The van der Waals surface area contributed by atoms with Gasteiger partial charge in [0, 0.05) is 5.69 Å². The van der Waals surface area contributed by atoms with Gasteiger partial charge in [-0.1, -0.05) is 13.8 Å². The summed E-state index contributed by atoms with van der Waals surface area (Å²) in [5.74, 6) is 0.294. The van der Waals surface area contributed by atoms with Gasteiger partial charge in [0.1, 0.15) is 12.2 Å². The molecule has 0 radical (unpaired) electrons. The van der Waals surface area contributed by atoms with E-state index in [9.17, 15) is 9.59 Å². The Bertz CT molecular complexity index is 440. The predicted molar refractivity (Wildman–Crippen MR) is 76.7 cm³/mol. The molecule has 110 valence electrons. The van der Waals surface area contributed by atoms with Gasteiger partial charge in [0.15, 0.2) is 0 Å². The standard InChI is InChI=1S/C15H21NO4/c1-4-19-15(18)9-14(17)16-12-5-7-13(8-6-12)20-10-11(2)3/h5-8,11H,4,9-10H2,1-3H3,(H,16,17). The fraction of sp³-hybridized carbons (Fsp3) is 0.467. The number of benzene rings is 1. The van der Waals surface area contributed by atoms with E-state index in [2.05, 4.69) is 19.2 Å². The second-order valence-corrected chi connectivity index (χ2v) is 4.76. The Balaban J connectivity index is 2.44. The lowest BCUT2D eigenvalue weighted by Gasteiger charge is -2.09. The number of ether oxygens (including phenoxy) is 2. The first kappa shape index (κ1) is 16.0. The van der Waals surface area contributed by atoms with E-state index < -0.39 is 5.97 Å². The first-order valence-corrected chi connectivity index (χ1v) is 6.69. The monoisotopic (exact) mass is 279 g/mol. The quantitative estimate of drug-likeness (QED) is 0.615. The topological polar surface area (TPSA) is 64.6 Å². The van der Waals surface area contributed by atoms with E-state index in [4.69, 9.17) is 9.47 Å². The Labute approximate surface area is 119 Å². The van der Waals surface area contributed by atoms with Gasteiger partial charge in [0.25, 0.3) is 0 Å². The average molecular weight is 279 g/mol. The molecule has 0 aliphatic heterocycles. The molecule has 20 heavy (non-hydrogen) atoms. The zero-order valence-electron chi connectivity index (χ0n) is 12.1. The summed E-state index contributed by atoms with van der Waals surface area (Å²) in [6, 6.07) is 7.03. The number of hydrogen-bond donors (Lipinski definition) is 1. The summed E-state index contributed by atoms with van der Waals surface area (Å²) in [7, 11) is 0. The largest absolute Gasteiger partial charge is 0.493 e. The molecule has 0 atom stereocenters. The Morgan fingerprint density at radius 3 is 2.40 bits per heavy atom. The van der Waals surface area contributed by atoms with Crippen molar-refractivity contribution in [1.29, 1.82) is 0 Å². The van der Waals surface area contributed by atoms with Crippen LogP contribution in [0, 0.1) is 5.92 Å². The van der Waals surface area contributed by atoms with Crippen molar-refractivity contribution in [3.63, 3.8) is 0 Å². The van der Waals surface area contributed by atoms with Crippen LogP contribution in [0.3, 0.4) is 0 Å². The number of hydrogen-bond acceptors (Lipinski definition) is 4. The molecule has 1 N–H and O–H groups in total. The summed E-state index contributed by atoms with van der Waals surface area (Å²) in [4.78, 5) is 22.7. The Morgan fingerprint density at radius 2 is 1.85 bits per heavy atom. The Morgan fingerprint density at radius 1 is 1.20 bits per heavy atom. The average Bonchev–Trinajstić information content (AvgIpc) is 2.37. The van der Waals surface area contributed by atoms with Crippen LogP contribution in [0.4, 0.5) is 5.69 Å². The maximum atomic E-state index is 11.6. The van der Waals surface area contributed by atoms with Crippen molar-refractivity contribution in [3.05, 3.63) is 24.3 Å². The fourth-order valence-corrected chi connectivity index (χ4v) is 1.45. The number of amides is 1. The molecule has 1 aromatic rings. The van der Waals surface area contributed by atoms with Gasteiger partial charge in [-0.15, -0.1) is 0 Å². The molecule has 0 unspecified atom stereocenters. The van der Waals surface area contributed by atoms with E-state index in [1.807, 2.05) is 0 Å². The molecule has 1 aromatic carbocycles. The number of carbonyl (C=O) groups is 2. The van der Waals surface area contributed by atoms with Crippen LogP contribution < -0.4 is 10.1 Å². The van der Waals surface area contributed by atoms with Crippen molar-refractivity contribution in [3.8, 4) is 5.75 Å². The molecule has 0 heterocycles. The summed E-state index contributed by atoms with van der Waals surface area (Å²) in [5.41, 5.74) is 0.621. The van der Waals surface area contributed by atoms with E-state index in [1.165, 1.54) is 0 Å². The van der Waals surface area contributed by atoms with Crippen molar-refractivity contribution in [2.75, 3.05) is 18.5 Å². The summed E-state index contributed by atoms with van der Waals surface area (Å²) in [6.07, 6.45) is -0.278. The summed E-state index contributed by atoms with van der Waals surface area (Å²) in [5, 5.41) is 2.63. The van der Waals surface area contributed by atoms with Gasteiger partial charge in [0.2, 0.25) is 5.91 Å². The van der Waals surface area contributed by atoms with Crippen LogP contribution in [0.15, 0.2) is 24.3 Å². The highest BCUT2D eigenvalue weighted by Crippen LogP contribution is 2.16. The van der Waals surface area contributed by atoms with E-state index in [-0.39, 0.29) is 18.9 Å². The molecular formula is C15H21NO4. The smallest absolute Gasteiger partial charge is 0.315 e. The maximum absolute atomic E-state index is 11.6. The zero-order chi connectivity index (χ0) is 15.0. The van der Waals surface area contributed by atoms with Crippen LogP contribution in [-0.4, -0.2) is 25.1 Å². The van der Waals surface area contributed by atoms with Crippen molar-refractivity contribution < 1.29 is 19.1 Å². The summed E-state index contributed by atoms with van der Waals surface area (Å²) >= 11 is 0. The highest BCUT2D eigenvalue weighted by atomic mass is 16.5. The van der Waals surface area contributed by atoms with Gasteiger partial charge in [0.05, 0.1) is 13.2 Å². The molecule has 5 heteroatoms. The first-order valence-electron chi connectivity index (χ1n) is 6.69. The van der Waals surface area contributed by atoms with Crippen molar-refractivity contribution in [2.24, 2.45) is 5.92 Å². The molecule has 0 bridgehead atoms. The van der Waals surface area contributed by atoms with Crippen LogP contribution in [0.1, 0.15) is 27.2 Å². The van der Waals surface area contributed by atoms with Crippen LogP contribution in [0.5, 0.6) is 5.75 Å². The molecule has 0 aliphatic carbocycles. The number of esters is 1. The predicted octanol–water partition coefficient (Wildman–Crippen LogP) is 2.61. The van der Waals surface area contributed by atoms with Crippen LogP contribution >= 0.6 is 0 Å². The summed E-state index contributed by atoms with van der Waals surface area (Å²) in [6.45, 7) is 6.77. The lowest BCUT2D eigenvalue weighted by atomic mass is 10.2. The van der Waals surface area contributed by atoms with Gasteiger partial charge >= 0.3 is 5.97 Å². The van der Waals surface area contributed by atoms with E-state index in [0.717, 1.165) is 5.75 Å². The highest BCUT2D eigenvalue weighted by Gasteiger charge is 2.10. The van der Waals surface area contributed by atoms with Gasteiger partial charge < -0.3 is 14.8 Å². The molecule has 5 nitrogen and oxygen atoms in total. The number of carbonyl (C=O) groups excluding carboxylic acids is 2.